The first kappa shape index (κ1) is 11.2. The monoisotopic (exact) mass is 218 g/mol. The molecule has 0 bridgehead atoms. The molecule has 1 aromatic carbocycles. The molecule has 0 aromatic heterocycles. The Hall–Kier alpha value is -1.31. The normalized spacial score (nSPS) is 29.9. The van der Waals surface area contributed by atoms with E-state index >= 15 is 0 Å². The average molecular weight is 218 g/mol. The van der Waals surface area contributed by atoms with Crippen molar-refractivity contribution in [3.05, 3.63) is 35.9 Å². The second-order valence-electron chi connectivity index (χ2n) is 5.04. The number of carboxylic acid groups (broad SMARTS) is 1. The lowest BCUT2D eigenvalue weighted by atomic mass is 9.68. The Kier molecular flexibility index (Phi) is 2.99. The highest BCUT2D eigenvalue weighted by Gasteiger charge is 2.34. The zero-order valence-corrected chi connectivity index (χ0v) is 9.65. The van der Waals surface area contributed by atoms with Gasteiger partial charge in [0.05, 0.1) is 5.92 Å². The maximum absolute atomic E-state index is 10.9. The summed E-state index contributed by atoms with van der Waals surface area (Å²) in [6.45, 7) is 2.25. The van der Waals surface area contributed by atoms with E-state index in [4.69, 9.17) is 5.11 Å². The fourth-order valence-corrected chi connectivity index (χ4v) is 2.63. The number of aliphatic carboxylic acids is 1. The maximum atomic E-state index is 10.9. The summed E-state index contributed by atoms with van der Waals surface area (Å²) in [6.07, 6.45) is 3.57. The van der Waals surface area contributed by atoms with E-state index in [1.54, 1.807) is 0 Å². The molecule has 1 aliphatic rings. The molecule has 0 aliphatic heterocycles. The van der Waals surface area contributed by atoms with Crippen LogP contribution in [0.15, 0.2) is 30.3 Å². The minimum atomic E-state index is -0.630. The Morgan fingerprint density at radius 2 is 1.81 bits per heavy atom. The molecule has 0 unspecified atom stereocenters. The van der Waals surface area contributed by atoms with Gasteiger partial charge in [-0.15, -0.1) is 0 Å². The summed E-state index contributed by atoms with van der Waals surface area (Å²) in [5, 5.41) is 8.98. The van der Waals surface area contributed by atoms with Crippen LogP contribution in [0.2, 0.25) is 0 Å². The summed E-state index contributed by atoms with van der Waals surface area (Å²) in [5.41, 5.74) is 1.52. The fourth-order valence-electron chi connectivity index (χ4n) is 2.63. The van der Waals surface area contributed by atoms with Crippen molar-refractivity contribution in [3.8, 4) is 0 Å². The van der Waals surface area contributed by atoms with E-state index in [0.717, 1.165) is 25.7 Å². The lowest BCUT2D eigenvalue weighted by Crippen LogP contribution is -2.31. The zero-order valence-electron chi connectivity index (χ0n) is 9.65. The van der Waals surface area contributed by atoms with Gasteiger partial charge in [0, 0.05) is 0 Å². The number of carboxylic acids is 1. The number of hydrogen-bond donors (Lipinski definition) is 1. The highest BCUT2D eigenvalue weighted by molar-refractivity contribution is 5.70. The molecule has 1 aromatic rings. The van der Waals surface area contributed by atoms with Crippen molar-refractivity contribution in [1.29, 1.82) is 0 Å². The van der Waals surface area contributed by atoms with E-state index in [1.165, 1.54) is 5.56 Å². The summed E-state index contributed by atoms with van der Waals surface area (Å²) in [5.74, 6) is -0.758. The molecular weight excluding hydrogens is 200 g/mol. The van der Waals surface area contributed by atoms with Crippen molar-refractivity contribution < 1.29 is 9.90 Å². The molecule has 2 rings (SSSR count). The molecule has 86 valence electrons. The van der Waals surface area contributed by atoms with Gasteiger partial charge in [-0.2, -0.15) is 0 Å². The van der Waals surface area contributed by atoms with Gasteiger partial charge in [0.2, 0.25) is 0 Å². The largest absolute Gasteiger partial charge is 0.481 e. The van der Waals surface area contributed by atoms with Crippen LogP contribution in [0.4, 0.5) is 0 Å². The summed E-state index contributed by atoms with van der Waals surface area (Å²) >= 11 is 0. The van der Waals surface area contributed by atoms with E-state index in [-0.39, 0.29) is 11.3 Å². The van der Waals surface area contributed by atoms with Gasteiger partial charge < -0.3 is 5.11 Å². The van der Waals surface area contributed by atoms with Crippen molar-refractivity contribution in [2.24, 2.45) is 5.92 Å². The number of benzene rings is 1. The number of carbonyl (C=O) groups is 1. The van der Waals surface area contributed by atoms with E-state index in [9.17, 15) is 4.79 Å². The topological polar surface area (TPSA) is 37.3 Å². The summed E-state index contributed by atoms with van der Waals surface area (Å²) in [6, 6.07) is 10.5. The quantitative estimate of drug-likeness (QED) is 0.827. The van der Waals surface area contributed by atoms with Gasteiger partial charge in [-0.3, -0.25) is 4.79 Å². The lowest BCUT2D eigenvalue weighted by molar-refractivity contribution is -0.143. The first-order valence-corrected chi connectivity index (χ1v) is 5.90. The minimum absolute atomic E-state index is 0.128. The van der Waals surface area contributed by atoms with Crippen LogP contribution in [-0.2, 0) is 10.2 Å². The third-order valence-corrected chi connectivity index (χ3v) is 3.91. The molecule has 2 heteroatoms. The van der Waals surface area contributed by atoms with Crippen LogP contribution >= 0.6 is 0 Å². The molecule has 0 saturated heterocycles. The molecule has 0 atom stereocenters. The van der Waals surface area contributed by atoms with E-state index in [1.807, 2.05) is 6.07 Å². The Labute approximate surface area is 96.3 Å². The molecule has 2 nitrogen and oxygen atoms in total. The SMILES string of the molecule is CC1(c2ccccc2)CCC(C(=O)O)CC1. The average Bonchev–Trinajstić information content (AvgIpc) is 2.31. The van der Waals surface area contributed by atoms with Crippen LogP contribution in [-0.4, -0.2) is 11.1 Å². The Balaban J connectivity index is 2.10. The van der Waals surface area contributed by atoms with Crippen LogP contribution in [0.5, 0.6) is 0 Å². The second kappa shape index (κ2) is 4.28. The third kappa shape index (κ3) is 2.11. The van der Waals surface area contributed by atoms with Crippen molar-refractivity contribution in [1.82, 2.24) is 0 Å². The van der Waals surface area contributed by atoms with Crippen molar-refractivity contribution >= 4 is 5.97 Å². The molecule has 1 fully saturated rings. The molecule has 0 spiro atoms. The van der Waals surface area contributed by atoms with Crippen LogP contribution < -0.4 is 0 Å². The third-order valence-electron chi connectivity index (χ3n) is 3.91. The summed E-state index contributed by atoms with van der Waals surface area (Å²) < 4.78 is 0. The number of hydrogen-bond acceptors (Lipinski definition) is 1. The highest BCUT2D eigenvalue weighted by Crippen LogP contribution is 2.41. The Bertz CT molecular complexity index is 362. The van der Waals surface area contributed by atoms with E-state index in [0.29, 0.717) is 0 Å². The smallest absolute Gasteiger partial charge is 0.306 e. The minimum Gasteiger partial charge on any atom is -0.481 e. The predicted molar refractivity (Wildman–Crippen MR) is 63.4 cm³/mol. The fraction of sp³-hybridized carbons (Fsp3) is 0.500. The molecule has 1 N–H and O–H groups in total. The van der Waals surface area contributed by atoms with Crippen LogP contribution in [0.25, 0.3) is 0 Å². The summed E-state index contributed by atoms with van der Waals surface area (Å²) in [7, 11) is 0. The van der Waals surface area contributed by atoms with E-state index < -0.39 is 5.97 Å². The zero-order chi connectivity index (χ0) is 11.6. The number of rotatable bonds is 2. The van der Waals surface area contributed by atoms with Gasteiger partial charge in [0.25, 0.3) is 0 Å². The standard InChI is InChI=1S/C14H18O2/c1-14(12-5-3-2-4-6-12)9-7-11(8-10-14)13(15)16/h2-6,11H,7-10H2,1H3,(H,15,16). The van der Waals surface area contributed by atoms with Crippen LogP contribution in [0, 0.1) is 5.92 Å². The maximum Gasteiger partial charge on any atom is 0.306 e. The molecule has 1 saturated carbocycles. The van der Waals surface area contributed by atoms with Crippen LogP contribution in [0.3, 0.4) is 0 Å². The second-order valence-corrected chi connectivity index (χ2v) is 5.04. The van der Waals surface area contributed by atoms with E-state index in [2.05, 4.69) is 31.2 Å². The highest BCUT2D eigenvalue weighted by atomic mass is 16.4. The van der Waals surface area contributed by atoms with Gasteiger partial charge in [-0.25, -0.2) is 0 Å². The van der Waals surface area contributed by atoms with Gasteiger partial charge in [-0.05, 0) is 36.7 Å². The van der Waals surface area contributed by atoms with Gasteiger partial charge in [-0.1, -0.05) is 37.3 Å². The van der Waals surface area contributed by atoms with Crippen molar-refractivity contribution in [2.75, 3.05) is 0 Å². The molecule has 0 radical (unpaired) electrons. The lowest BCUT2D eigenvalue weighted by Gasteiger charge is -2.36. The molecule has 0 amide bonds. The Morgan fingerprint density at radius 1 is 1.25 bits per heavy atom. The van der Waals surface area contributed by atoms with Gasteiger partial charge in [0.1, 0.15) is 0 Å². The molecular formula is C14H18O2. The molecule has 1 aliphatic carbocycles. The summed E-state index contributed by atoms with van der Waals surface area (Å²) in [4.78, 5) is 10.9. The van der Waals surface area contributed by atoms with Crippen molar-refractivity contribution in [2.45, 2.75) is 38.0 Å². The Morgan fingerprint density at radius 3 is 2.31 bits per heavy atom. The van der Waals surface area contributed by atoms with Gasteiger partial charge >= 0.3 is 5.97 Å². The van der Waals surface area contributed by atoms with Crippen LogP contribution in [0.1, 0.15) is 38.2 Å². The molecule has 16 heavy (non-hydrogen) atoms. The first-order valence-electron chi connectivity index (χ1n) is 5.90. The van der Waals surface area contributed by atoms with Gasteiger partial charge in [0.15, 0.2) is 0 Å². The first-order chi connectivity index (χ1) is 7.62. The van der Waals surface area contributed by atoms with Crippen molar-refractivity contribution in [3.63, 3.8) is 0 Å². The molecule has 0 heterocycles. The predicted octanol–water partition coefficient (Wildman–Crippen LogP) is 3.22.